The number of aromatic nitrogens is 4. The standard InChI is InChI=1S/C13H10ClFN4/c1-2-19-4-3-8-5-9(6-16-12(8)19)11-10(15)7-17-13(14)18-11/h3-7H,2H2,1H3. The molecule has 4 nitrogen and oxygen atoms in total. The Bertz CT molecular complexity index is 753. The largest absolute Gasteiger partial charge is 0.333 e. The van der Waals surface area contributed by atoms with E-state index in [9.17, 15) is 4.39 Å². The average Bonchev–Trinajstić information content (AvgIpc) is 2.83. The number of hydrogen-bond donors (Lipinski definition) is 0. The number of fused-ring (bicyclic) bond motifs is 1. The third-order valence-corrected chi connectivity index (χ3v) is 3.11. The molecule has 19 heavy (non-hydrogen) atoms. The highest BCUT2D eigenvalue weighted by atomic mass is 35.5. The second kappa shape index (κ2) is 4.59. The number of nitrogens with zero attached hydrogens (tertiary/aromatic N) is 4. The average molecular weight is 277 g/mol. The zero-order valence-corrected chi connectivity index (χ0v) is 10.9. The van der Waals surface area contributed by atoms with Crippen LogP contribution >= 0.6 is 11.6 Å². The summed E-state index contributed by atoms with van der Waals surface area (Å²) < 4.78 is 15.7. The van der Waals surface area contributed by atoms with Crippen molar-refractivity contribution in [2.24, 2.45) is 0 Å². The molecule has 96 valence electrons. The zero-order valence-electron chi connectivity index (χ0n) is 10.1. The van der Waals surface area contributed by atoms with E-state index in [4.69, 9.17) is 11.6 Å². The van der Waals surface area contributed by atoms with Gasteiger partial charge in [-0.2, -0.15) is 0 Å². The van der Waals surface area contributed by atoms with E-state index in [2.05, 4.69) is 15.0 Å². The number of pyridine rings is 1. The van der Waals surface area contributed by atoms with E-state index in [1.165, 1.54) is 0 Å². The summed E-state index contributed by atoms with van der Waals surface area (Å²) in [5, 5.41) is 0.955. The van der Waals surface area contributed by atoms with Crippen LogP contribution in [-0.4, -0.2) is 19.5 Å². The normalized spacial score (nSPS) is 11.1. The molecule has 0 spiro atoms. The Morgan fingerprint density at radius 1 is 1.32 bits per heavy atom. The first-order chi connectivity index (χ1) is 9.19. The summed E-state index contributed by atoms with van der Waals surface area (Å²) in [5.41, 5.74) is 1.62. The van der Waals surface area contributed by atoms with Crippen LogP contribution < -0.4 is 0 Å². The minimum Gasteiger partial charge on any atom is -0.333 e. The fraction of sp³-hybridized carbons (Fsp3) is 0.154. The molecule has 0 N–H and O–H groups in total. The molecule has 0 radical (unpaired) electrons. The van der Waals surface area contributed by atoms with E-state index in [-0.39, 0.29) is 11.0 Å². The van der Waals surface area contributed by atoms with E-state index < -0.39 is 5.82 Å². The lowest BCUT2D eigenvalue weighted by Gasteiger charge is -2.04. The van der Waals surface area contributed by atoms with Crippen molar-refractivity contribution < 1.29 is 4.39 Å². The Morgan fingerprint density at radius 2 is 2.16 bits per heavy atom. The molecule has 6 heteroatoms. The van der Waals surface area contributed by atoms with Gasteiger partial charge in [0.25, 0.3) is 0 Å². The molecular weight excluding hydrogens is 267 g/mol. The lowest BCUT2D eigenvalue weighted by atomic mass is 10.1. The molecule has 0 atom stereocenters. The molecular formula is C13H10ClFN4. The van der Waals surface area contributed by atoms with E-state index in [0.29, 0.717) is 5.56 Å². The molecule has 0 saturated carbocycles. The highest BCUT2D eigenvalue weighted by Crippen LogP contribution is 2.24. The molecule has 0 saturated heterocycles. The minimum atomic E-state index is -0.513. The predicted octanol–water partition coefficient (Wildman–Crippen LogP) is 3.31. The van der Waals surface area contributed by atoms with Crippen LogP contribution in [0.25, 0.3) is 22.3 Å². The van der Waals surface area contributed by atoms with Gasteiger partial charge < -0.3 is 4.57 Å². The molecule has 3 rings (SSSR count). The van der Waals surface area contributed by atoms with Crippen LogP contribution in [0.1, 0.15) is 6.92 Å². The summed E-state index contributed by atoms with van der Waals surface area (Å²) in [6, 6.07) is 3.78. The molecule has 0 aliphatic heterocycles. The van der Waals surface area contributed by atoms with Crippen LogP contribution in [-0.2, 0) is 6.54 Å². The number of hydrogen-bond acceptors (Lipinski definition) is 3. The van der Waals surface area contributed by atoms with Crippen LogP contribution in [0.5, 0.6) is 0 Å². The number of aryl methyl sites for hydroxylation is 1. The van der Waals surface area contributed by atoms with Crippen molar-refractivity contribution in [1.82, 2.24) is 19.5 Å². The minimum absolute atomic E-state index is 0.0163. The van der Waals surface area contributed by atoms with Gasteiger partial charge in [0, 0.05) is 29.9 Å². The highest BCUT2D eigenvalue weighted by molar-refractivity contribution is 6.28. The van der Waals surface area contributed by atoms with Gasteiger partial charge in [-0.15, -0.1) is 0 Å². The Labute approximate surface area is 113 Å². The third-order valence-electron chi connectivity index (χ3n) is 2.93. The van der Waals surface area contributed by atoms with E-state index in [1.807, 2.05) is 29.8 Å². The monoisotopic (exact) mass is 276 g/mol. The van der Waals surface area contributed by atoms with Gasteiger partial charge in [-0.05, 0) is 30.7 Å². The molecule has 3 heterocycles. The van der Waals surface area contributed by atoms with Gasteiger partial charge in [0.05, 0.1) is 6.20 Å². The topological polar surface area (TPSA) is 43.6 Å². The second-order valence-electron chi connectivity index (χ2n) is 4.07. The van der Waals surface area contributed by atoms with Crippen molar-refractivity contribution in [3.63, 3.8) is 0 Å². The van der Waals surface area contributed by atoms with Gasteiger partial charge in [0.15, 0.2) is 5.82 Å². The fourth-order valence-electron chi connectivity index (χ4n) is 2.01. The molecule has 3 aromatic heterocycles. The van der Waals surface area contributed by atoms with Gasteiger partial charge in [-0.25, -0.2) is 19.3 Å². The van der Waals surface area contributed by atoms with Gasteiger partial charge in [-0.3, -0.25) is 0 Å². The SMILES string of the molecule is CCn1ccc2cc(-c3nc(Cl)ncc3F)cnc21. The fourth-order valence-corrected chi connectivity index (χ4v) is 2.14. The lowest BCUT2D eigenvalue weighted by Crippen LogP contribution is -1.95. The highest BCUT2D eigenvalue weighted by Gasteiger charge is 2.11. The van der Waals surface area contributed by atoms with Crippen LogP contribution in [0.2, 0.25) is 5.28 Å². The van der Waals surface area contributed by atoms with E-state index >= 15 is 0 Å². The first kappa shape index (κ1) is 12.0. The van der Waals surface area contributed by atoms with Crippen LogP contribution in [0.3, 0.4) is 0 Å². The van der Waals surface area contributed by atoms with E-state index in [0.717, 1.165) is 23.8 Å². The lowest BCUT2D eigenvalue weighted by molar-refractivity contribution is 0.618. The molecule has 3 aromatic rings. The van der Waals surface area contributed by atoms with Crippen molar-refractivity contribution in [2.75, 3.05) is 0 Å². The quantitative estimate of drug-likeness (QED) is 0.675. The molecule has 0 aliphatic carbocycles. The maximum Gasteiger partial charge on any atom is 0.223 e. The molecule has 0 aliphatic rings. The Kier molecular flexibility index (Phi) is 2.91. The van der Waals surface area contributed by atoms with Crippen LogP contribution in [0.4, 0.5) is 4.39 Å². The number of halogens is 2. The smallest absolute Gasteiger partial charge is 0.223 e. The summed E-state index contributed by atoms with van der Waals surface area (Å²) in [6.45, 7) is 2.88. The van der Waals surface area contributed by atoms with Gasteiger partial charge in [0.2, 0.25) is 5.28 Å². The van der Waals surface area contributed by atoms with Crippen LogP contribution in [0, 0.1) is 5.82 Å². The Hall–Kier alpha value is -2.01. The third kappa shape index (κ3) is 2.06. The van der Waals surface area contributed by atoms with Gasteiger partial charge in [0.1, 0.15) is 11.3 Å². The van der Waals surface area contributed by atoms with Crippen molar-refractivity contribution in [1.29, 1.82) is 0 Å². The Balaban J connectivity index is 2.18. The summed E-state index contributed by atoms with van der Waals surface area (Å²) in [6.07, 6.45) is 4.60. The summed E-state index contributed by atoms with van der Waals surface area (Å²) in [7, 11) is 0. The van der Waals surface area contributed by atoms with Crippen molar-refractivity contribution in [3.05, 3.63) is 41.8 Å². The molecule has 0 amide bonds. The molecule has 0 aromatic carbocycles. The second-order valence-corrected chi connectivity index (χ2v) is 4.41. The molecule has 0 fully saturated rings. The van der Waals surface area contributed by atoms with Crippen molar-refractivity contribution in [3.8, 4) is 11.3 Å². The van der Waals surface area contributed by atoms with Crippen LogP contribution in [0.15, 0.2) is 30.7 Å². The van der Waals surface area contributed by atoms with Crippen molar-refractivity contribution >= 4 is 22.6 Å². The number of rotatable bonds is 2. The van der Waals surface area contributed by atoms with E-state index in [1.54, 1.807) is 6.20 Å². The van der Waals surface area contributed by atoms with Gasteiger partial charge >= 0.3 is 0 Å². The van der Waals surface area contributed by atoms with Crippen molar-refractivity contribution in [2.45, 2.75) is 13.5 Å². The maximum atomic E-state index is 13.7. The summed E-state index contributed by atoms with van der Waals surface area (Å²) in [5.74, 6) is -0.513. The predicted molar refractivity (Wildman–Crippen MR) is 71.4 cm³/mol. The first-order valence-corrected chi connectivity index (χ1v) is 6.20. The summed E-state index contributed by atoms with van der Waals surface area (Å²) >= 11 is 5.70. The summed E-state index contributed by atoms with van der Waals surface area (Å²) in [4.78, 5) is 11.9. The van der Waals surface area contributed by atoms with Gasteiger partial charge in [-0.1, -0.05) is 0 Å². The molecule has 0 unspecified atom stereocenters. The first-order valence-electron chi connectivity index (χ1n) is 5.82. The zero-order chi connectivity index (χ0) is 13.4. The molecule has 0 bridgehead atoms. The maximum absolute atomic E-state index is 13.7. The Morgan fingerprint density at radius 3 is 2.95 bits per heavy atom.